The third-order valence-corrected chi connectivity index (χ3v) is 6.21. The van der Waals surface area contributed by atoms with Gasteiger partial charge in [0.1, 0.15) is 5.76 Å². The molecule has 7 nitrogen and oxygen atoms in total. The Bertz CT molecular complexity index is 1380. The van der Waals surface area contributed by atoms with Gasteiger partial charge in [0.2, 0.25) is 6.79 Å². The number of thiocarbonyl (C=S) groups is 1. The molecule has 0 amide bonds. The Balaban J connectivity index is 1.38. The predicted octanol–water partition coefficient (Wildman–Crippen LogP) is 4.28. The van der Waals surface area contributed by atoms with E-state index in [9.17, 15) is 4.79 Å². The monoisotopic (exact) mass is 475 g/mol. The summed E-state index contributed by atoms with van der Waals surface area (Å²) in [6.45, 7) is 3.77. The largest absolute Gasteiger partial charge is 0.467 e. The highest BCUT2D eigenvalue weighted by atomic mass is 32.1. The molecule has 4 aromatic rings. The zero-order chi connectivity index (χ0) is 23.5. The molecule has 0 radical (unpaired) electrons. The normalized spacial score (nSPS) is 12.1. The van der Waals surface area contributed by atoms with Crippen LogP contribution < -0.4 is 20.3 Å². The highest BCUT2D eigenvalue weighted by molar-refractivity contribution is 7.80. The van der Waals surface area contributed by atoms with E-state index in [1.165, 1.54) is 11.1 Å². The standard InChI is InChI=1S/C26H25N3O4S/c1-17-4-2-5-18(10-17)7-8-29(26(34)27-14-21-6-3-9-31-21)15-20-11-19-12-23-24(33-16-32-23)13-22(19)28-25(20)30/h2-6,9-13H,7-8,14-16H2,1H3,(H,27,34)(H,28,30). The number of aromatic amines is 1. The van der Waals surface area contributed by atoms with Gasteiger partial charge in [0.25, 0.3) is 5.56 Å². The Kier molecular flexibility index (Phi) is 6.22. The van der Waals surface area contributed by atoms with Crippen molar-refractivity contribution in [2.24, 2.45) is 0 Å². The summed E-state index contributed by atoms with van der Waals surface area (Å²) in [5.74, 6) is 2.11. The average molecular weight is 476 g/mol. The third kappa shape index (κ3) is 4.92. The number of H-pyrrole nitrogens is 1. The van der Waals surface area contributed by atoms with Crippen LogP contribution in [0.5, 0.6) is 11.5 Å². The number of nitrogens with one attached hydrogen (secondary N) is 2. The van der Waals surface area contributed by atoms with Crippen LogP contribution in [0.1, 0.15) is 22.5 Å². The van der Waals surface area contributed by atoms with Gasteiger partial charge in [0.05, 0.1) is 24.9 Å². The van der Waals surface area contributed by atoms with E-state index in [1.807, 2.05) is 29.2 Å². The van der Waals surface area contributed by atoms with Crippen LogP contribution in [0.2, 0.25) is 0 Å². The molecule has 1 aliphatic rings. The molecule has 0 saturated heterocycles. The zero-order valence-corrected chi connectivity index (χ0v) is 19.6. The molecule has 34 heavy (non-hydrogen) atoms. The van der Waals surface area contributed by atoms with E-state index in [1.54, 1.807) is 12.3 Å². The van der Waals surface area contributed by atoms with Crippen molar-refractivity contribution < 1.29 is 13.9 Å². The number of hydrogen-bond donors (Lipinski definition) is 2. The topological polar surface area (TPSA) is 79.7 Å². The summed E-state index contributed by atoms with van der Waals surface area (Å²) in [5, 5.41) is 4.70. The van der Waals surface area contributed by atoms with Gasteiger partial charge in [0, 0.05) is 23.6 Å². The van der Waals surface area contributed by atoms with Crippen LogP contribution in [-0.4, -0.2) is 28.3 Å². The lowest BCUT2D eigenvalue weighted by Gasteiger charge is -2.26. The quantitative estimate of drug-likeness (QED) is 0.386. The van der Waals surface area contributed by atoms with Crippen molar-refractivity contribution in [2.45, 2.75) is 26.4 Å². The Labute approximate surface area is 202 Å². The molecular weight excluding hydrogens is 450 g/mol. The lowest BCUT2D eigenvalue weighted by molar-refractivity contribution is 0.174. The van der Waals surface area contributed by atoms with E-state index in [4.69, 9.17) is 26.1 Å². The van der Waals surface area contributed by atoms with E-state index in [0.29, 0.717) is 47.3 Å². The van der Waals surface area contributed by atoms with Crippen molar-refractivity contribution in [3.8, 4) is 11.5 Å². The second-order valence-corrected chi connectivity index (χ2v) is 8.70. The van der Waals surface area contributed by atoms with Gasteiger partial charge in [-0.15, -0.1) is 0 Å². The second kappa shape index (κ2) is 9.61. The number of pyridine rings is 1. The highest BCUT2D eigenvalue weighted by Crippen LogP contribution is 2.35. The van der Waals surface area contributed by atoms with Crippen LogP contribution in [0.25, 0.3) is 10.9 Å². The number of nitrogens with zero attached hydrogens (tertiary/aromatic N) is 1. The van der Waals surface area contributed by atoms with Crippen molar-refractivity contribution in [3.63, 3.8) is 0 Å². The van der Waals surface area contributed by atoms with Crippen LogP contribution in [0.4, 0.5) is 0 Å². The number of furan rings is 1. The summed E-state index contributed by atoms with van der Waals surface area (Å²) >= 11 is 5.72. The first-order chi connectivity index (χ1) is 16.5. The molecule has 0 bridgehead atoms. The van der Waals surface area contributed by atoms with Gasteiger partial charge in [-0.25, -0.2) is 0 Å². The average Bonchev–Trinajstić information content (AvgIpc) is 3.51. The molecule has 0 spiro atoms. The van der Waals surface area contributed by atoms with Crippen LogP contribution in [0.3, 0.4) is 0 Å². The van der Waals surface area contributed by atoms with Gasteiger partial charge in [-0.1, -0.05) is 29.8 Å². The summed E-state index contributed by atoms with van der Waals surface area (Å²) in [6.07, 6.45) is 2.43. The number of hydrogen-bond acceptors (Lipinski definition) is 5. The summed E-state index contributed by atoms with van der Waals surface area (Å²) in [4.78, 5) is 17.9. The Hall–Kier alpha value is -3.78. The molecule has 2 N–H and O–H groups in total. The first-order valence-electron chi connectivity index (χ1n) is 11.1. The van der Waals surface area contributed by atoms with Crippen molar-refractivity contribution in [2.75, 3.05) is 13.3 Å². The zero-order valence-electron chi connectivity index (χ0n) is 18.8. The minimum Gasteiger partial charge on any atom is -0.467 e. The predicted molar refractivity (Wildman–Crippen MR) is 134 cm³/mol. The minimum absolute atomic E-state index is 0.152. The van der Waals surface area contributed by atoms with E-state index in [0.717, 1.165) is 17.6 Å². The minimum atomic E-state index is -0.152. The molecule has 0 unspecified atom stereocenters. The molecule has 5 rings (SSSR count). The van der Waals surface area contributed by atoms with Crippen molar-refractivity contribution in [3.05, 3.63) is 93.7 Å². The molecule has 8 heteroatoms. The Morgan fingerprint density at radius 2 is 1.97 bits per heavy atom. The summed E-state index contributed by atoms with van der Waals surface area (Å²) in [7, 11) is 0. The Morgan fingerprint density at radius 3 is 2.76 bits per heavy atom. The number of benzene rings is 2. The van der Waals surface area contributed by atoms with E-state index in [-0.39, 0.29) is 12.4 Å². The number of aryl methyl sites for hydroxylation is 1. The van der Waals surface area contributed by atoms with E-state index in [2.05, 4.69) is 41.5 Å². The molecule has 174 valence electrons. The number of rotatable bonds is 7. The molecule has 2 aromatic heterocycles. The van der Waals surface area contributed by atoms with Gasteiger partial charge in [-0.2, -0.15) is 0 Å². The lowest BCUT2D eigenvalue weighted by atomic mass is 10.1. The summed E-state index contributed by atoms with van der Waals surface area (Å²) < 4.78 is 16.3. The molecule has 1 aliphatic heterocycles. The molecule has 3 heterocycles. The highest BCUT2D eigenvalue weighted by Gasteiger charge is 2.17. The van der Waals surface area contributed by atoms with Crippen LogP contribution in [-0.2, 0) is 19.5 Å². The molecule has 0 fully saturated rings. The van der Waals surface area contributed by atoms with Crippen molar-refractivity contribution >= 4 is 28.2 Å². The van der Waals surface area contributed by atoms with Crippen LogP contribution in [0.15, 0.2) is 70.1 Å². The first kappa shape index (κ1) is 22.0. The molecular formula is C26H25N3O4S. The Morgan fingerprint density at radius 1 is 1.12 bits per heavy atom. The van der Waals surface area contributed by atoms with Crippen molar-refractivity contribution in [1.29, 1.82) is 0 Å². The van der Waals surface area contributed by atoms with Gasteiger partial charge < -0.3 is 29.1 Å². The molecule has 0 saturated carbocycles. The fourth-order valence-electron chi connectivity index (χ4n) is 4.04. The van der Waals surface area contributed by atoms with E-state index < -0.39 is 0 Å². The van der Waals surface area contributed by atoms with Crippen LogP contribution >= 0.6 is 12.2 Å². The summed E-state index contributed by atoms with van der Waals surface area (Å²) in [6, 6.07) is 17.7. The molecule has 0 aliphatic carbocycles. The first-order valence-corrected chi connectivity index (χ1v) is 11.5. The number of fused-ring (bicyclic) bond motifs is 2. The SMILES string of the molecule is Cc1cccc(CCN(Cc2cc3cc4c(cc3[nH]c2=O)OCO4)C(=S)NCc2ccco2)c1. The van der Waals surface area contributed by atoms with Gasteiger partial charge in [-0.05, 0) is 55.4 Å². The molecule has 2 aromatic carbocycles. The maximum absolute atomic E-state index is 12.9. The maximum atomic E-state index is 12.9. The van der Waals surface area contributed by atoms with E-state index >= 15 is 0 Å². The number of ether oxygens (including phenoxy) is 2. The van der Waals surface area contributed by atoms with Gasteiger partial charge in [0.15, 0.2) is 16.6 Å². The van der Waals surface area contributed by atoms with Gasteiger partial charge >= 0.3 is 0 Å². The second-order valence-electron chi connectivity index (χ2n) is 8.32. The maximum Gasteiger partial charge on any atom is 0.253 e. The third-order valence-electron chi connectivity index (χ3n) is 5.81. The fraction of sp³-hybridized carbons (Fsp3) is 0.231. The lowest BCUT2D eigenvalue weighted by Crippen LogP contribution is -2.41. The fourth-order valence-corrected chi connectivity index (χ4v) is 4.26. The smallest absolute Gasteiger partial charge is 0.253 e. The van der Waals surface area contributed by atoms with Crippen LogP contribution in [0, 0.1) is 6.92 Å². The van der Waals surface area contributed by atoms with Crippen molar-refractivity contribution in [1.82, 2.24) is 15.2 Å². The van der Waals surface area contributed by atoms with Gasteiger partial charge in [-0.3, -0.25) is 4.79 Å². The summed E-state index contributed by atoms with van der Waals surface area (Å²) in [5.41, 5.74) is 3.62. The number of aromatic nitrogens is 1. The molecule has 0 atom stereocenters.